The summed E-state index contributed by atoms with van der Waals surface area (Å²) >= 11 is 0. The lowest BCUT2D eigenvalue weighted by Crippen LogP contribution is -2.39. The first-order chi connectivity index (χ1) is 10.1. The zero-order chi connectivity index (χ0) is 15.2. The van der Waals surface area contributed by atoms with Gasteiger partial charge in [-0.05, 0) is 44.5 Å². The van der Waals surface area contributed by atoms with E-state index < -0.39 is 5.97 Å². The Balaban J connectivity index is 1.84. The summed E-state index contributed by atoms with van der Waals surface area (Å²) in [6.45, 7) is 4.02. The van der Waals surface area contributed by atoms with Gasteiger partial charge in [0, 0.05) is 24.7 Å². The second-order valence-electron chi connectivity index (χ2n) is 5.56. The summed E-state index contributed by atoms with van der Waals surface area (Å²) in [6.07, 6.45) is 4.10. The van der Waals surface area contributed by atoms with Crippen LogP contribution < -0.4 is 5.32 Å². The Kier molecular flexibility index (Phi) is 5.33. The lowest BCUT2D eigenvalue weighted by atomic mass is 10.0. The third-order valence-electron chi connectivity index (χ3n) is 3.96. The van der Waals surface area contributed by atoms with Crippen LogP contribution in [0.15, 0.2) is 24.3 Å². The Hall–Kier alpha value is -1.88. The number of aromatic carboxylic acids is 1. The van der Waals surface area contributed by atoms with Crippen molar-refractivity contribution in [3.63, 3.8) is 0 Å². The molecule has 5 heteroatoms. The van der Waals surface area contributed by atoms with E-state index in [1.54, 1.807) is 12.1 Å². The number of carboxylic acid groups (broad SMARTS) is 1. The third kappa shape index (κ3) is 4.56. The molecule has 0 aromatic heterocycles. The predicted octanol–water partition coefficient (Wildman–Crippen LogP) is 2.59. The molecule has 1 aliphatic heterocycles. The van der Waals surface area contributed by atoms with Gasteiger partial charge in [-0.25, -0.2) is 4.79 Å². The third-order valence-corrected chi connectivity index (χ3v) is 3.96. The summed E-state index contributed by atoms with van der Waals surface area (Å²) < 4.78 is 0. The maximum atomic E-state index is 12.0. The number of benzene rings is 1. The molecule has 1 unspecified atom stereocenters. The number of carboxylic acids is 1. The topological polar surface area (TPSA) is 69.6 Å². The predicted molar refractivity (Wildman–Crippen MR) is 81.5 cm³/mol. The van der Waals surface area contributed by atoms with Gasteiger partial charge in [0.05, 0.1) is 5.56 Å². The van der Waals surface area contributed by atoms with Crippen LogP contribution in [-0.2, 0) is 4.79 Å². The highest BCUT2D eigenvalue weighted by atomic mass is 16.4. The molecule has 1 saturated heterocycles. The fourth-order valence-corrected chi connectivity index (χ4v) is 2.69. The number of anilines is 1. The van der Waals surface area contributed by atoms with E-state index in [4.69, 9.17) is 5.11 Å². The highest BCUT2D eigenvalue weighted by Gasteiger charge is 2.18. The number of hydrogen-bond acceptors (Lipinski definition) is 3. The molecule has 1 heterocycles. The van der Waals surface area contributed by atoms with Crippen LogP contribution in [0.25, 0.3) is 0 Å². The highest BCUT2D eigenvalue weighted by molar-refractivity contribution is 5.93. The molecule has 114 valence electrons. The Morgan fingerprint density at radius 1 is 1.38 bits per heavy atom. The molecule has 0 bridgehead atoms. The molecular weight excluding hydrogens is 268 g/mol. The van der Waals surface area contributed by atoms with Crippen LogP contribution >= 0.6 is 0 Å². The second-order valence-corrected chi connectivity index (χ2v) is 5.56. The number of nitrogens with zero attached hydrogens (tertiary/aromatic N) is 1. The zero-order valence-electron chi connectivity index (χ0n) is 12.3. The molecule has 0 spiro atoms. The smallest absolute Gasteiger partial charge is 0.335 e. The molecule has 1 aliphatic rings. The number of carbonyl (C=O) groups is 2. The van der Waals surface area contributed by atoms with Crippen molar-refractivity contribution in [1.82, 2.24) is 4.90 Å². The molecule has 21 heavy (non-hydrogen) atoms. The maximum absolute atomic E-state index is 12.0. The summed E-state index contributed by atoms with van der Waals surface area (Å²) in [5.74, 6) is -1.07. The van der Waals surface area contributed by atoms with E-state index in [-0.39, 0.29) is 11.5 Å². The second kappa shape index (κ2) is 7.22. The summed E-state index contributed by atoms with van der Waals surface area (Å²) in [4.78, 5) is 25.2. The number of piperidine rings is 1. The normalized spacial score (nSPS) is 19.2. The molecule has 0 saturated carbocycles. The fraction of sp³-hybridized carbons (Fsp3) is 0.500. The van der Waals surface area contributed by atoms with Gasteiger partial charge in [-0.3, -0.25) is 4.79 Å². The summed E-state index contributed by atoms with van der Waals surface area (Å²) in [5, 5.41) is 11.7. The Morgan fingerprint density at radius 3 is 2.90 bits per heavy atom. The SMILES string of the molecule is CC1CCCCN1CCC(=O)Nc1cccc(C(=O)O)c1. The first kappa shape index (κ1) is 15.5. The van der Waals surface area contributed by atoms with E-state index in [1.807, 2.05) is 0 Å². The summed E-state index contributed by atoms with van der Waals surface area (Å²) in [7, 11) is 0. The van der Waals surface area contributed by atoms with Crippen LogP contribution in [0.2, 0.25) is 0 Å². The Morgan fingerprint density at radius 2 is 2.19 bits per heavy atom. The number of amides is 1. The minimum Gasteiger partial charge on any atom is -0.478 e. The molecule has 1 fully saturated rings. The van der Waals surface area contributed by atoms with Gasteiger partial charge < -0.3 is 15.3 Å². The minimum absolute atomic E-state index is 0.0738. The molecule has 5 nitrogen and oxygen atoms in total. The van der Waals surface area contributed by atoms with E-state index in [1.165, 1.54) is 31.4 Å². The van der Waals surface area contributed by atoms with Crippen LogP contribution in [0.5, 0.6) is 0 Å². The van der Waals surface area contributed by atoms with E-state index in [9.17, 15) is 9.59 Å². The monoisotopic (exact) mass is 290 g/mol. The lowest BCUT2D eigenvalue weighted by molar-refractivity contribution is -0.116. The van der Waals surface area contributed by atoms with Gasteiger partial charge >= 0.3 is 5.97 Å². The average Bonchev–Trinajstić information content (AvgIpc) is 2.46. The van der Waals surface area contributed by atoms with E-state index in [2.05, 4.69) is 17.1 Å². The van der Waals surface area contributed by atoms with Crippen LogP contribution in [0.3, 0.4) is 0 Å². The molecular formula is C16H22N2O3. The van der Waals surface area contributed by atoms with Gasteiger partial charge in [0.15, 0.2) is 0 Å². The number of rotatable bonds is 5. The Bertz CT molecular complexity index is 516. The van der Waals surface area contributed by atoms with Gasteiger partial charge in [-0.1, -0.05) is 12.5 Å². The van der Waals surface area contributed by atoms with Gasteiger partial charge in [-0.15, -0.1) is 0 Å². The first-order valence-corrected chi connectivity index (χ1v) is 7.43. The van der Waals surface area contributed by atoms with Crippen LogP contribution in [0, 0.1) is 0 Å². The fourth-order valence-electron chi connectivity index (χ4n) is 2.69. The van der Waals surface area contributed by atoms with E-state index in [0.717, 1.165) is 13.1 Å². The van der Waals surface area contributed by atoms with Crippen molar-refractivity contribution >= 4 is 17.6 Å². The summed E-state index contributed by atoms with van der Waals surface area (Å²) in [6, 6.07) is 6.86. The molecule has 2 rings (SSSR count). The van der Waals surface area contributed by atoms with Gasteiger partial charge in [0.1, 0.15) is 0 Å². The maximum Gasteiger partial charge on any atom is 0.335 e. The van der Waals surface area contributed by atoms with Crippen molar-refractivity contribution in [2.45, 2.75) is 38.6 Å². The van der Waals surface area contributed by atoms with Crippen molar-refractivity contribution in [2.24, 2.45) is 0 Å². The lowest BCUT2D eigenvalue weighted by Gasteiger charge is -2.33. The molecule has 1 amide bonds. The molecule has 1 aromatic rings. The first-order valence-electron chi connectivity index (χ1n) is 7.43. The van der Waals surface area contributed by atoms with Crippen molar-refractivity contribution < 1.29 is 14.7 Å². The highest BCUT2D eigenvalue weighted by Crippen LogP contribution is 2.17. The van der Waals surface area contributed by atoms with E-state index in [0.29, 0.717) is 18.2 Å². The van der Waals surface area contributed by atoms with Crippen molar-refractivity contribution in [2.75, 3.05) is 18.4 Å². The van der Waals surface area contributed by atoms with Gasteiger partial charge in [-0.2, -0.15) is 0 Å². The number of carbonyl (C=O) groups excluding carboxylic acids is 1. The number of nitrogens with one attached hydrogen (secondary N) is 1. The number of likely N-dealkylation sites (tertiary alicyclic amines) is 1. The van der Waals surface area contributed by atoms with Crippen molar-refractivity contribution in [3.05, 3.63) is 29.8 Å². The van der Waals surface area contributed by atoms with Crippen molar-refractivity contribution in [1.29, 1.82) is 0 Å². The molecule has 0 aliphatic carbocycles. The van der Waals surface area contributed by atoms with Gasteiger partial charge in [0.25, 0.3) is 0 Å². The van der Waals surface area contributed by atoms with E-state index >= 15 is 0 Å². The van der Waals surface area contributed by atoms with Gasteiger partial charge in [0.2, 0.25) is 5.91 Å². The zero-order valence-corrected chi connectivity index (χ0v) is 12.3. The average molecular weight is 290 g/mol. The number of hydrogen-bond donors (Lipinski definition) is 2. The van der Waals surface area contributed by atoms with Crippen LogP contribution in [-0.4, -0.2) is 41.0 Å². The molecule has 1 aromatic carbocycles. The Labute approximate surface area is 125 Å². The van der Waals surface area contributed by atoms with Crippen LogP contribution in [0.1, 0.15) is 43.0 Å². The summed E-state index contributed by atoms with van der Waals surface area (Å²) in [5.41, 5.74) is 0.712. The standard InChI is InChI=1S/C16H22N2O3/c1-12-5-2-3-9-18(12)10-8-15(19)17-14-7-4-6-13(11-14)16(20)21/h4,6-7,11-12H,2-3,5,8-10H2,1H3,(H,17,19)(H,20,21). The molecule has 1 atom stereocenters. The minimum atomic E-state index is -0.992. The largest absolute Gasteiger partial charge is 0.478 e. The van der Waals surface area contributed by atoms with Crippen molar-refractivity contribution in [3.8, 4) is 0 Å². The molecule has 2 N–H and O–H groups in total. The van der Waals surface area contributed by atoms with Crippen LogP contribution in [0.4, 0.5) is 5.69 Å². The quantitative estimate of drug-likeness (QED) is 0.874. The molecule has 0 radical (unpaired) electrons.